The van der Waals surface area contributed by atoms with Gasteiger partial charge in [-0.3, -0.25) is 19.1 Å². The molecule has 0 spiro atoms. The van der Waals surface area contributed by atoms with Gasteiger partial charge in [-0.1, -0.05) is 0 Å². The van der Waals surface area contributed by atoms with E-state index >= 15 is 0 Å². The van der Waals surface area contributed by atoms with Crippen LogP contribution < -0.4 is 11.2 Å². The number of β-amino-alcohol motifs (C(OH)–C–C–N with tert-alkyl or cyclic N) is 1. The Kier molecular flexibility index (Phi) is 4.11. The number of nitrogens with one attached hydrogen (secondary N) is 1. The van der Waals surface area contributed by atoms with Crippen LogP contribution in [0.5, 0.6) is 0 Å². The smallest absolute Gasteiger partial charge is 0.328 e. The Hall–Kier alpha value is -2.68. The highest BCUT2D eigenvalue weighted by Gasteiger charge is 2.42. The molecular weight excluding hydrogens is 328 g/mol. The molecule has 2 atom stereocenters. The van der Waals surface area contributed by atoms with Gasteiger partial charge in [-0.05, 0) is 27.2 Å². The van der Waals surface area contributed by atoms with Gasteiger partial charge in [-0.15, -0.1) is 0 Å². The number of H-pyrrole nitrogens is 1. The van der Waals surface area contributed by atoms with E-state index in [0.29, 0.717) is 24.3 Å². The standard InChI is InChI=1S/C16H20N4O5/c1-9-6-20(15(23)18-13(9)21)11-4-5-19(7-16(11,3)24)14(22)12-10(2)25-8-17-12/h6,8,11,24H,4-5,7H2,1-3H3,(H,18,21,23)/t11-,16-/m0/s1. The monoisotopic (exact) mass is 348 g/mol. The van der Waals surface area contributed by atoms with E-state index in [-0.39, 0.29) is 18.1 Å². The Morgan fingerprint density at radius 3 is 2.76 bits per heavy atom. The van der Waals surface area contributed by atoms with E-state index in [0.717, 1.165) is 0 Å². The number of aromatic nitrogens is 3. The average Bonchev–Trinajstić information content (AvgIpc) is 2.96. The molecular formula is C16H20N4O5. The van der Waals surface area contributed by atoms with Crippen LogP contribution in [0.15, 0.2) is 26.6 Å². The highest BCUT2D eigenvalue weighted by atomic mass is 16.3. The first-order chi connectivity index (χ1) is 11.7. The van der Waals surface area contributed by atoms with Crippen molar-refractivity contribution in [2.24, 2.45) is 0 Å². The van der Waals surface area contributed by atoms with E-state index < -0.39 is 22.9 Å². The molecule has 134 valence electrons. The zero-order valence-electron chi connectivity index (χ0n) is 14.3. The number of rotatable bonds is 2. The summed E-state index contributed by atoms with van der Waals surface area (Å²) < 4.78 is 6.39. The lowest BCUT2D eigenvalue weighted by atomic mass is 9.88. The van der Waals surface area contributed by atoms with Crippen molar-refractivity contribution in [3.8, 4) is 0 Å². The lowest BCUT2D eigenvalue weighted by molar-refractivity contribution is -0.0505. The molecule has 3 rings (SSSR count). The number of hydrogen-bond acceptors (Lipinski definition) is 6. The number of likely N-dealkylation sites (tertiary alicyclic amines) is 1. The lowest BCUT2D eigenvalue weighted by Gasteiger charge is -2.43. The fraction of sp³-hybridized carbons (Fsp3) is 0.500. The van der Waals surface area contributed by atoms with Crippen LogP contribution in [0, 0.1) is 13.8 Å². The molecule has 25 heavy (non-hydrogen) atoms. The molecule has 0 unspecified atom stereocenters. The fourth-order valence-electron chi connectivity index (χ4n) is 3.25. The van der Waals surface area contributed by atoms with Gasteiger partial charge in [0.05, 0.1) is 12.6 Å². The molecule has 1 aliphatic heterocycles. The number of aliphatic hydroxyl groups is 1. The van der Waals surface area contributed by atoms with Crippen LogP contribution in [-0.2, 0) is 0 Å². The molecule has 1 amide bonds. The maximum absolute atomic E-state index is 12.6. The zero-order chi connectivity index (χ0) is 18.4. The SMILES string of the molecule is Cc1ocnc1C(=O)N1CC[C@H](n2cc(C)c(=O)[nH]c2=O)[C@@](C)(O)C1. The van der Waals surface area contributed by atoms with Crippen LogP contribution in [0.3, 0.4) is 0 Å². The molecule has 1 saturated heterocycles. The van der Waals surface area contributed by atoms with Crippen molar-refractivity contribution in [1.82, 2.24) is 19.4 Å². The van der Waals surface area contributed by atoms with E-state index in [1.165, 1.54) is 22.1 Å². The summed E-state index contributed by atoms with van der Waals surface area (Å²) in [6, 6.07) is -0.557. The van der Waals surface area contributed by atoms with E-state index in [2.05, 4.69) is 9.97 Å². The summed E-state index contributed by atoms with van der Waals surface area (Å²) in [5.74, 6) is 0.0919. The summed E-state index contributed by atoms with van der Waals surface area (Å²) in [5, 5.41) is 10.9. The Morgan fingerprint density at radius 2 is 2.16 bits per heavy atom. The van der Waals surface area contributed by atoms with Gasteiger partial charge < -0.3 is 14.4 Å². The minimum absolute atomic E-state index is 0.0351. The number of piperidine rings is 1. The number of aryl methyl sites for hydroxylation is 2. The van der Waals surface area contributed by atoms with Gasteiger partial charge in [0.1, 0.15) is 11.4 Å². The number of carbonyl (C=O) groups is 1. The number of aromatic amines is 1. The number of carbonyl (C=O) groups excluding carboxylic acids is 1. The van der Waals surface area contributed by atoms with Crippen LogP contribution >= 0.6 is 0 Å². The molecule has 0 aromatic carbocycles. The molecule has 0 saturated carbocycles. The minimum atomic E-state index is -1.35. The third-order valence-corrected chi connectivity index (χ3v) is 4.62. The Balaban J connectivity index is 1.88. The number of nitrogens with zero attached hydrogens (tertiary/aromatic N) is 3. The fourth-order valence-corrected chi connectivity index (χ4v) is 3.25. The number of hydrogen-bond donors (Lipinski definition) is 2. The quantitative estimate of drug-likeness (QED) is 0.787. The average molecular weight is 348 g/mol. The second-order valence-corrected chi connectivity index (χ2v) is 6.62. The predicted molar refractivity (Wildman–Crippen MR) is 87.5 cm³/mol. The Morgan fingerprint density at radius 1 is 1.44 bits per heavy atom. The lowest BCUT2D eigenvalue weighted by Crippen LogP contribution is -2.56. The second kappa shape index (κ2) is 5.99. The predicted octanol–water partition coefficient (Wildman–Crippen LogP) is -0.0204. The van der Waals surface area contributed by atoms with Crippen molar-refractivity contribution >= 4 is 5.91 Å². The summed E-state index contributed by atoms with van der Waals surface area (Å²) in [5.41, 5.74) is -1.78. The number of oxazole rings is 1. The Labute approximate surface area is 142 Å². The molecule has 9 heteroatoms. The molecule has 9 nitrogen and oxygen atoms in total. The van der Waals surface area contributed by atoms with E-state index in [1.54, 1.807) is 20.8 Å². The molecule has 0 radical (unpaired) electrons. The van der Waals surface area contributed by atoms with Crippen LogP contribution in [0.2, 0.25) is 0 Å². The number of amides is 1. The highest BCUT2D eigenvalue weighted by molar-refractivity contribution is 5.93. The maximum Gasteiger partial charge on any atom is 0.328 e. The summed E-state index contributed by atoms with van der Waals surface area (Å²) >= 11 is 0. The topological polar surface area (TPSA) is 121 Å². The Bertz CT molecular complexity index is 923. The molecule has 1 aliphatic rings. The largest absolute Gasteiger partial charge is 0.448 e. The molecule has 3 heterocycles. The summed E-state index contributed by atoms with van der Waals surface area (Å²) in [6.07, 6.45) is 3.01. The third kappa shape index (κ3) is 3.02. The van der Waals surface area contributed by atoms with E-state index in [1.807, 2.05) is 0 Å². The first kappa shape index (κ1) is 17.2. The summed E-state index contributed by atoms with van der Waals surface area (Å²) in [4.78, 5) is 43.9. The van der Waals surface area contributed by atoms with Crippen molar-refractivity contribution in [1.29, 1.82) is 0 Å². The van der Waals surface area contributed by atoms with E-state index in [9.17, 15) is 19.5 Å². The maximum atomic E-state index is 12.6. The molecule has 2 N–H and O–H groups in total. The second-order valence-electron chi connectivity index (χ2n) is 6.62. The van der Waals surface area contributed by atoms with Gasteiger partial charge in [0.2, 0.25) is 0 Å². The first-order valence-electron chi connectivity index (χ1n) is 7.94. The van der Waals surface area contributed by atoms with Crippen molar-refractivity contribution in [2.75, 3.05) is 13.1 Å². The van der Waals surface area contributed by atoms with Crippen molar-refractivity contribution in [2.45, 2.75) is 38.8 Å². The zero-order valence-corrected chi connectivity index (χ0v) is 14.3. The third-order valence-electron chi connectivity index (χ3n) is 4.62. The van der Waals surface area contributed by atoms with Crippen LogP contribution in [0.25, 0.3) is 0 Å². The van der Waals surface area contributed by atoms with Crippen LogP contribution in [0.1, 0.15) is 41.2 Å². The van der Waals surface area contributed by atoms with Gasteiger partial charge in [-0.2, -0.15) is 0 Å². The molecule has 0 bridgehead atoms. The summed E-state index contributed by atoms with van der Waals surface area (Å²) in [7, 11) is 0. The molecule has 1 fully saturated rings. The van der Waals surface area contributed by atoms with E-state index in [4.69, 9.17) is 4.42 Å². The van der Waals surface area contributed by atoms with Crippen LogP contribution in [-0.4, -0.2) is 49.1 Å². The molecule has 0 aliphatic carbocycles. The minimum Gasteiger partial charge on any atom is -0.448 e. The van der Waals surface area contributed by atoms with Gasteiger partial charge in [-0.25, -0.2) is 9.78 Å². The van der Waals surface area contributed by atoms with Crippen molar-refractivity contribution in [3.63, 3.8) is 0 Å². The normalized spacial score (nSPS) is 23.7. The molecule has 2 aromatic rings. The first-order valence-corrected chi connectivity index (χ1v) is 7.94. The van der Waals surface area contributed by atoms with Gasteiger partial charge >= 0.3 is 5.69 Å². The summed E-state index contributed by atoms with van der Waals surface area (Å²) in [6.45, 7) is 5.19. The van der Waals surface area contributed by atoms with Gasteiger partial charge in [0.15, 0.2) is 12.1 Å². The molecule has 2 aromatic heterocycles. The van der Waals surface area contributed by atoms with Gasteiger partial charge in [0, 0.05) is 18.3 Å². The van der Waals surface area contributed by atoms with Gasteiger partial charge in [0.25, 0.3) is 11.5 Å². The van der Waals surface area contributed by atoms with Crippen molar-refractivity contribution < 1.29 is 14.3 Å². The van der Waals surface area contributed by atoms with Crippen molar-refractivity contribution in [3.05, 3.63) is 50.4 Å². The van der Waals surface area contributed by atoms with Crippen LogP contribution in [0.4, 0.5) is 0 Å². The highest BCUT2D eigenvalue weighted by Crippen LogP contribution is 2.31.